The zero-order valence-corrected chi connectivity index (χ0v) is 28.0. The van der Waals surface area contributed by atoms with E-state index in [1.54, 1.807) is 36.4 Å². The largest absolute Gasteiger partial charge is 0.465 e. The smallest absolute Gasteiger partial charge is 0.407 e. The highest BCUT2D eigenvalue weighted by atomic mass is 32.2. The van der Waals surface area contributed by atoms with Gasteiger partial charge >= 0.3 is 6.09 Å². The number of benzene rings is 3. The van der Waals surface area contributed by atoms with Crippen molar-refractivity contribution in [1.29, 1.82) is 0 Å². The quantitative estimate of drug-likeness (QED) is 0.264. The Bertz CT molecular complexity index is 1750. The van der Waals surface area contributed by atoms with E-state index in [9.17, 15) is 27.5 Å². The molecule has 1 aliphatic carbocycles. The maximum absolute atomic E-state index is 15.6. The molecule has 262 valence electrons. The van der Waals surface area contributed by atoms with Crippen LogP contribution >= 0.6 is 0 Å². The number of nitrogens with one attached hydrogen (secondary N) is 1. The van der Waals surface area contributed by atoms with Crippen molar-refractivity contribution in [2.75, 3.05) is 38.2 Å². The Morgan fingerprint density at radius 2 is 1.67 bits per heavy atom. The Morgan fingerprint density at radius 1 is 0.980 bits per heavy atom. The van der Waals surface area contributed by atoms with Crippen LogP contribution in [0, 0.1) is 23.0 Å². The van der Waals surface area contributed by atoms with E-state index in [4.69, 9.17) is 10.5 Å². The van der Waals surface area contributed by atoms with Crippen molar-refractivity contribution in [3.05, 3.63) is 95.6 Å². The van der Waals surface area contributed by atoms with E-state index in [0.717, 1.165) is 5.56 Å². The van der Waals surface area contributed by atoms with E-state index in [1.165, 1.54) is 45.6 Å². The first-order valence-electron chi connectivity index (χ1n) is 16.7. The second kappa shape index (κ2) is 14.5. The number of nitrogens with two attached hydrogens (primary N) is 1. The number of carboxylic acid groups (broad SMARTS) is 1. The molecule has 1 saturated carbocycles. The van der Waals surface area contributed by atoms with Crippen molar-refractivity contribution in [3.63, 3.8) is 0 Å². The first kappa shape index (κ1) is 34.9. The molecule has 49 heavy (non-hydrogen) atoms. The normalized spacial score (nSPS) is 21.1. The Balaban J connectivity index is 1.26. The molecule has 3 aromatic carbocycles. The summed E-state index contributed by atoms with van der Waals surface area (Å²) in [6.07, 6.45) is 1.75. The molecule has 3 fully saturated rings. The number of ether oxygens (including phenoxy) is 1. The van der Waals surface area contributed by atoms with Gasteiger partial charge in [-0.25, -0.2) is 22.0 Å². The van der Waals surface area contributed by atoms with Gasteiger partial charge in [-0.05, 0) is 86.4 Å². The Kier molecular flexibility index (Phi) is 10.4. The second-order valence-electron chi connectivity index (χ2n) is 13.5. The zero-order chi connectivity index (χ0) is 34.8. The van der Waals surface area contributed by atoms with Gasteiger partial charge in [0.25, 0.3) is 0 Å². The Morgan fingerprint density at radius 3 is 2.33 bits per heavy atom. The number of sulfonamides is 1. The van der Waals surface area contributed by atoms with Gasteiger partial charge in [-0.15, -0.1) is 0 Å². The van der Waals surface area contributed by atoms with Crippen LogP contribution in [-0.2, 0) is 26.0 Å². The lowest BCUT2D eigenvalue weighted by atomic mass is 9.76. The van der Waals surface area contributed by atoms with E-state index in [2.05, 4.69) is 5.32 Å². The topological polar surface area (TPSA) is 142 Å². The number of amides is 2. The SMILES string of the molecule is N[C@H](C(=O)Nc1cccc(F)c1CCC1CN(C(=O)O)CC2(CC2)CN1S(=O)(=O)c1ccccc1)[C@@H](c1ccc(F)cc1)C1CCOCC1. The van der Waals surface area contributed by atoms with Crippen molar-refractivity contribution in [3.8, 4) is 0 Å². The molecule has 3 atom stereocenters. The van der Waals surface area contributed by atoms with Crippen LogP contribution in [0.3, 0.4) is 0 Å². The number of halogens is 2. The summed E-state index contributed by atoms with van der Waals surface area (Å²) in [7, 11) is -4.02. The fraction of sp³-hybridized carbons (Fsp3) is 0.444. The number of rotatable bonds is 10. The van der Waals surface area contributed by atoms with Gasteiger partial charge in [0.15, 0.2) is 0 Å². The van der Waals surface area contributed by atoms with Crippen LogP contribution < -0.4 is 11.1 Å². The number of hydrogen-bond acceptors (Lipinski definition) is 6. The van der Waals surface area contributed by atoms with Crippen LogP contribution in [0.15, 0.2) is 77.7 Å². The summed E-state index contributed by atoms with van der Waals surface area (Å²) in [6.45, 7) is 1.34. The predicted octanol–water partition coefficient (Wildman–Crippen LogP) is 5.21. The molecule has 1 unspecified atom stereocenters. The van der Waals surface area contributed by atoms with Crippen molar-refractivity contribution in [1.82, 2.24) is 9.21 Å². The third-order valence-electron chi connectivity index (χ3n) is 10.3. The fourth-order valence-corrected chi connectivity index (χ4v) is 9.14. The molecule has 2 aliphatic heterocycles. The lowest BCUT2D eigenvalue weighted by Crippen LogP contribution is -2.46. The zero-order valence-electron chi connectivity index (χ0n) is 27.1. The summed E-state index contributed by atoms with van der Waals surface area (Å²) >= 11 is 0. The number of carbonyl (C=O) groups is 2. The standard InChI is InChI=1S/C36H42F2N4O6S/c37-26-11-9-24(10-12-26)32(25-15-19-48-20-16-25)33(39)34(43)40-31-8-4-7-30(38)29(31)14-13-27-21-41(35(44)45)22-36(17-18-36)23-42(27)49(46,47)28-5-2-1-3-6-28/h1-12,25,27,32-33H,13-23,39H2,(H,40,43)(H,44,45)/t27?,32-,33-/m0/s1. The highest BCUT2D eigenvalue weighted by Crippen LogP contribution is 2.49. The minimum absolute atomic E-state index is 0.00617. The summed E-state index contributed by atoms with van der Waals surface area (Å²) in [4.78, 5) is 27.4. The van der Waals surface area contributed by atoms with Crippen molar-refractivity contribution >= 4 is 27.7 Å². The van der Waals surface area contributed by atoms with Crippen molar-refractivity contribution in [2.45, 2.75) is 61.4 Å². The molecule has 10 nitrogen and oxygen atoms in total. The molecule has 0 radical (unpaired) electrons. The van der Waals surface area contributed by atoms with Crippen LogP contribution in [0.2, 0.25) is 0 Å². The van der Waals surface area contributed by atoms with Crippen LogP contribution in [0.25, 0.3) is 0 Å². The number of nitrogens with zero attached hydrogens (tertiary/aromatic N) is 2. The summed E-state index contributed by atoms with van der Waals surface area (Å²) in [6, 6.07) is 16.4. The maximum atomic E-state index is 15.6. The summed E-state index contributed by atoms with van der Waals surface area (Å²) in [5.41, 5.74) is 7.25. The summed E-state index contributed by atoms with van der Waals surface area (Å²) < 4.78 is 64.3. The Labute approximate surface area is 285 Å². The summed E-state index contributed by atoms with van der Waals surface area (Å²) in [5.74, 6) is -1.97. The van der Waals surface area contributed by atoms with Crippen LogP contribution in [0.1, 0.15) is 49.1 Å². The lowest BCUT2D eigenvalue weighted by Gasteiger charge is -2.34. The maximum Gasteiger partial charge on any atom is 0.407 e. The second-order valence-corrected chi connectivity index (χ2v) is 15.4. The molecule has 0 bridgehead atoms. The highest BCUT2D eigenvalue weighted by molar-refractivity contribution is 7.89. The molecule has 3 aliphatic rings. The molecule has 4 N–H and O–H groups in total. The molecular formula is C36H42F2N4O6S. The number of hydrogen-bond donors (Lipinski definition) is 3. The number of carbonyl (C=O) groups excluding carboxylic acids is 1. The Hall–Kier alpha value is -3.91. The van der Waals surface area contributed by atoms with E-state index in [-0.39, 0.29) is 54.5 Å². The molecule has 2 saturated heterocycles. The van der Waals surface area contributed by atoms with E-state index in [1.807, 2.05) is 0 Å². The minimum Gasteiger partial charge on any atom is -0.465 e. The van der Waals surface area contributed by atoms with Gasteiger partial charge in [0.05, 0.1) is 10.9 Å². The molecule has 2 heterocycles. The molecule has 6 rings (SSSR count). The molecule has 13 heteroatoms. The average molecular weight is 697 g/mol. The van der Waals surface area contributed by atoms with Gasteiger partial charge in [0.2, 0.25) is 15.9 Å². The van der Waals surface area contributed by atoms with Gasteiger partial charge in [0, 0.05) is 61.5 Å². The molecule has 2 amide bonds. The van der Waals surface area contributed by atoms with Crippen molar-refractivity contribution in [2.24, 2.45) is 17.1 Å². The summed E-state index contributed by atoms with van der Waals surface area (Å²) in [5, 5.41) is 12.8. The van der Waals surface area contributed by atoms with Crippen LogP contribution in [0.5, 0.6) is 0 Å². The van der Waals surface area contributed by atoms with Crippen LogP contribution in [0.4, 0.5) is 19.3 Å². The third kappa shape index (κ3) is 7.80. The average Bonchev–Trinajstić information content (AvgIpc) is 3.89. The van der Waals surface area contributed by atoms with Gasteiger partial charge < -0.3 is 25.8 Å². The number of anilines is 1. The van der Waals surface area contributed by atoms with E-state index in [0.29, 0.717) is 38.9 Å². The third-order valence-corrected chi connectivity index (χ3v) is 12.2. The van der Waals surface area contributed by atoms with Gasteiger partial charge in [-0.1, -0.05) is 36.4 Å². The molecular weight excluding hydrogens is 654 g/mol. The fourth-order valence-electron chi connectivity index (χ4n) is 7.36. The monoisotopic (exact) mass is 696 g/mol. The lowest BCUT2D eigenvalue weighted by molar-refractivity contribution is -0.118. The first-order valence-corrected chi connectivity index (χ1v) is 18.1. The van der Waals surface area contributed by atoms with Crippen LogP contribution in [-0.4, -0.2) is 79.7 Å². The van der Waals surface area contributed by atoms with Gasteiger partial charge in [-0.2, -0.15) is 4.31 Å². The van der Waals surface area contributed by atoms with Gasteiger partial charge in [-0.3, -0.25) is 4.79 Å². The first-order chi connectivity index (χ1) is 23.5. The van der Waals surface area contributed by atoms with Crippen molar-refractivity contribution < 1.29 is 36.6 Å². The van der Waals surface area contributed by atoms with Gasteiger partial charge in [0.1, 0.15) is 11.6 Å². The predicted molar refractivity (Wildman–Crippen MR) is 179 cm³/mol. The van der Waals surface area contributed by atoms with E-state index >= 15 is 4.39 Å². The van der Waals surface area contributed by atoms with E-state index < -0.39 is 57.1 Å². The minimum atomic E-state index is -4.02. The molecule has 0 aromatic heterocycles. The highest BCUT2D eigenvalue weighted by Gasteiger charge is 2.52. The molecule has 1 spiro atoms. The molecule has 3 aromatic rings.